The lowest BCUT2D eigenvalue weighted by atomic mass is 10.1. The van der Waals surface area contributed by atoms with Gasteiger partial charge in [0.1, 0.15) is 29.4 Å². The van der Waals surface area contributed by atoms with Crippen LogP contribution >= 0.6 is 0 Å². The van der Waals surface area contributed by atoms with Crippen LogP contribution in [0.2, 0.25) is 0 Å². The summed E-state index contributed by atoms with van der Waals surface area (Å²) in [6, 6.07) is 3.74. The van der Waals surface area contributed by atoms with Gasteiger partial charge in [-0.2, -0.15) is 5.26 Å². The standard InChI is InChI=1S/C21H15F2N5O3/c1-10-2-14(8-25-16(10)7-24)28-20(30)18-17-6-15(27(18)21(28)31)9-26(17)19(29)11-3-12(22)5-13(23)4-11/h2-5,8,15,17-18H,6,9H2,1H3/t15?,17?,18-/m0/s1. The molecule has 0 aliphatic carbocycles. The predicted octanol–water partition coefficient (Wildman–Crippen LogP) is 1.97. The SMILES string of the molecule is Cc1cc(N2C(=O)[C@@H]3C4CC(CN4C(=O)c4cc(F)cc(F)c4)N3C2=O)cnc1C#N. The Bertz CT molecular complexity index is 1190. The quantitative estimate of drug-likeness (QED) is 0.688. The van der Waals surface area contributed by atoms with Crippen molar-refractivity contribution in [3.8, 4) is 6.07 Å². The van der Waals surface area contributed by atoms with E-state index in [4.69, 9.17) is 5.26 Å². The van der Waals surface area contributed by atoms with Crippen molar-refractivity contribution in [1.82, 2.24) is 14.8 Å². The summed E-state index contributed by atoms with van der Waals surface area (Å²) in [6.45, 7) is 1.83. The molecule has 2 unspecified atom stereocenters. The van der Waals surface area contributed by atoms with E-state index in [0.717, 1.165) is 17.0 Å². The maximum Gasteiger partial charge on any atom is 0.332 e. The van der Waals surface area contributed by atoms with Gasteiger partial charge in [-0.25, -0.2) is 23.5 Å². The highest BCUT2D eigenvalue weighted by atomic mass is 19.1. The van der Waals surface area contributed by atoms with E-state index in [-0.39, 0.29) is 29.5 Å². The zero-order valence-electron chi connectivity index (χ0n) is 16.2. The van der Waals surface area contributed by atoms with Crippen molar-refractivity contribution in [2.24, 2.45) is 0 Å². The monoisotopic (exact) mass is 423 g/mol. The highest BCUT2D eigenvalue weighted by molar-refractivity contribution is 6.22. The smallest absolute Gasteiger partial charge is 0.331 e. The molecule has 0 saturated carbocycles. The molecule has 0 spiro atoms. The number of imide groups is 1. The first-order valence-corrected chi connectivity index (χ1v) is 9.60. The molecule has 2 bridgehead atoms. The second kappa shape index (κ2) is 6.57. The van der Waals surface area contributed by atoms with Crippen molar-refractivity contribution < 1.29 is 23.2 Å². The number of rotatable bonds is 2. The zero-order valence-corrected chi connectivity index (χ0v) is 16.2. The summed E-state index contributed by atoms with van der Waals surface area (Å²) >= 11 is 0. The molecule has 4 amide bonds. The van der Waals surface area contributed by atoms with Crippen LogP contribution in [0.3, 0.4) is 0 Å². The van der Waals surface area contributed by atoms with Crippen molar-refractivity contribution in [1.29, 1.82) is 5.26 Å². The number of halogens is 2. The minimum Gasteiger partial charge on any atom is -0.331 e. The van der Waals surface area contributed by atoms with Crippen LogP contribution in [0.15, 0.2) is 30.5 Å². The summed E-state index contributed by atoms with van der Waals surface area (Å²) in [5.41, 5.74) is 0.839. The zero-order chi connectivity index (χ0) is 22.0. The number of likely N-dealkylation sites (tertiary alicyclic amines) is 1. The third kappa shape index (κ3) is 2.70. The number of anilines is 1. The molecule has 4 heterocycles. The minimum atomic E-state index is -0.871. The van der Waals surface area contributed by atoms with E-state index in [1.165, 1.54) is 16.0 Å². The van der Waals surface area contributed by atoms with Gasteiger partial charge in [-0.3, -0.25) is 9.59 Å². The first-order valence-electron chi connectivity index (χ1n) is 9.60. The number of hydrogen-bond acceptors (Lipinski definition) is 5. The summed E-state index contributed by atoms with van der Waals surface area (Å²) in [6.07, 6.45) is 1.72. The summed E-state index contributed by atoms with van der Waals surface area (Å²) in [5.74, 6) is -2.81. The number of nitrogens with zero attached hydrogens (tertiary/aromatic N) is 5. The number of hydrogen-bond donors (Lipinski definition) is 0. The number of nitriles is 1. The average Bonchev–Trinajstić information content (AvgIpc) is 3.38. The van der Waals surface area contributed by atoms with E-state index < -0.39 is 41.6 Å². The Hall–Kier alpha value is -3.87. The summed E-state index contributed by atoms with van der Waals surface area (Å²) in [4.78, 5) is 47.0. The number of pyridine rings is 1. The van der Waals surface area contributed by atoms with E-state index >= 15 is 0 Å². The average molecular weight is 423 g/mol. The van der Waals surface area contributed by atoms with Gasteiger partial charge in [-0.1, -0.05) is 0 Å². The molecule has 1 aromatic carbocycles. The first-order chi connectivity index (χ1) is 14.8. The topological polar surface area (TPSA) is 97.6 Å². The van der Waals surface area contributed by atoms with E-state index in [9.17, 15) is 23.2 Å². The van der Waals surface area contributed by atoms with E-state index in [1.807, 2.05) is 6.07 Å². The Balaban J connectivity index is 1.45. The minimum absolute atomic E-state index is 0.142. The lowest BCUT2D eigenvalue weighted by Crippen LogP contribution is -2.54. The molecular weight excluding hydrogens is 408 g/mol. The van der Waals surface area contributed by atoms with Crippen LogP contribution in [0.1, 0.15) is 28.0 Å². The molecule has 3 saturated heterocycles. The molecule has 156 valence electrons. The van der Waals surface area contributed by atoms with Gasteiger partial charge in [-0.05, 0) is 37.1 Å². The fourth-order valence-electron chi connectivity index (χ4n) is 4.77. The fraction of sp³-hybridized carbons (Fsp3) is 0.286. The third-order valence-electron chi connectivity index (χ3n) is 6.06. The van der Waals surface area contributed by atoms with E-state index in [0.29, 0.717) is 18.1 Å². The highest BCUT2D eigenvalue weighted by Gasteiger charge is 2.63. The Morgan fingerprint density at radius 2 is 1.90 bits per heavy atom. The number of carbonyl (C=O) groups is 3. The van der Waals surface area contributed by atoms with Crippen LogP contribution in [0.5, 0.6) is 0 Å². The number of urea groups is 1. The molecule has 0 radical (unpaired) electrons. The van der Waals surface area contributed by atoms with Gasteiger partial charge < -0.3 is 9.80 Å². The van der Waals surface area contributed by atoms with Crippen LogP contribution in [-0.2, 0) is 4.79 Å². The van der Waals surface area contributed by atoms with Crippen LogP contribution in [-0.4, -0.2) is 57.3 Å². The number of piperazine rings is 1. The van der Waals surface area contributed by atoms with Crippen LogP contribution in [0, 0.1) is 29.9 Å². The van der Waals surface area contributed by atoms with E-state index in [2.05, 4.69) is 4.98 Å². The molecular formula is C21H15F2N5O3. The van der Waals surface area contributed by atoms with Gasteiger partial charge >= 0.3 is 6.03 Å². The molecule has 5 rings (SSSR count). The Morgan fingerprint density at radius 1 is 1.19 bits per heavy atom. The van der Waals surface area contributed by atoms with Crippen molar-refractivity contribution in [3.05, 3.63) is 58.9 Å². The van der Waals surface area contributed by atoms with Crippen molar-refractivity contribution >= 4 is 23.5 Å². The van der Waals surface area contributed by atoms with Gasteiger partial charge in [0.2, 0.25) is 0 Å². The fourth-order valence-corrected chi connectivity index (χ4v) is 4.77. The maximum absolute atomic E-state index is 13.6. The highest BCUT2D eigenvalue weighted by Crippen LogP contribution is 2.42. The summed E-state index contributed by atoms with van der Waals surface area (Å²) in [5, 5.41) is 9.04. The van der Waals surface area contributed by atoms with Crippen LogP contribution < -0.4 is 4.90 Å². The molecule has 2 aromatic rings. The van der Waals surface area contributed by atoms with Crippen molar-refractivity contribution in [2.75, 3.05) is 11.4 Å². The molecule has 8 nitrogen and oxygen atoms in total. The molecule has 1 aromatic heterocycles. The van der Waals surface area contributed by atoms with Gasteiger partial charge in [0, 0.05) is 18.2 Å². The van der Waals surface area contributed by atoms with Gasteiger partial charge in [0.15, 0.2) is 0 Å². The number of fused-ring (bicyclic) bond motifs is 5. The number of benzene rings is 1. The number of amides is 4. The van der Waals surface area contributed by atoms with E-state index in [1.54, 1.807) is 13.0 Å². The number of carbonyl (C=O) groups excluding carboxylic acids is 3. The summed E-state index contributed by atoms with van der Waals surface area (Å²) in [7, 11) is 0. The number of aryl methyl sites for hydroxylation is 1. The molecule has 0 N–H and O–H groups in total. The van der Waals surface area contributed by atoms with Gasteiger partial charge in [0.25, 0.3) is 11.8 Å². The lowest BCUT2D eigenvalue weighted by molar-refractivity contribution is -0.121. The van der Waals surface area contributed by atoms with Gasteiger partial charge in [-0.15, -0.1) is 0 Å². The molecule has 31 heavy (non-hydrogen) atoms. The second-order valence-electron chi connectivity index (χ2n) is 7.85. The summed E-state index contributed by atoms with van der Waals surface area (Å²) < 4.78 is 27.1. The van der Waals surface area contributed by atoms with Gasteiger partial charge in [0.05, 0.1) is 24.0 Å². The first kappa shape index (κ1) is 19.1. The molecule has 3 aliphatic heterocycles. The normalized spacial score (nSPS) is 24.1. The Kier molecular flexibility index (Phi) is 4.05. The number of aromatic nitrogens is 1. The molecule has 3 fully saturated rings. The molecule has 3 atom stereocenters. The van der Waals surface area contributed by atoms with Crippen molar-refractivity contribution in [3.63, 3.8) is 0 Å². The Morgan fingerprint density at radius 3 is 2.55 bits per heavy atom. The van der Waals surface area contributed by atoms with Crippen molar-refractivity contribution in [2.45, 2.75) is 31.5 Å². The third-order valence-corrected chi connectivity index (χ3v) is 6.06. The van der Waals surface area contributed by atoms with Crippen LogP contribution in [0.25, 0.3) is 0 Å². The van der Waals surface area contributed by atoms with Crippen LogP contribution in [0.4, 0.5) is 19.3 Å². The largest absolute Gasteiger partial charge is 0.332 e. The molecule has 10 heteroatoms. The predicted molar refractivity (Wildman–Crippen MR) is 102 cm³/mol. The second-order valence-corrected chi connectivity index (χ2v) is 7.85. The maximum atomic E-state index is 13.6. The lowest BCUT2D eigenvalue weighted by Gasteiger charge is -2.34. The molecule has 3 aliphatic rings. The Labute approximate surface area is 175 Å².